The summed E-state index contributed by atoms with van der Waals surface area (Å²) in [4.78, 5) is 4.04. The van der Waals surface area contributed by atoms with Gasteiger partial charge in [0.05, 0.1) is 6.33 Å². The molecule has 0 saturated carbocycles. The van der Waals surface area contributed by atoms with E-state index < -0.39 is 0 Å². The number of nitrogens with zero attached hydrogens (tertiary/aromatic N) is 2. The molecule has 0 unspecified atom stereocenters. The molecule has 0 aliphatic rings. The van der Waals surface area contributed by atoms with E-state index in [1.807, 2.05) is 17.8 Å². The summed E-state index contributed by atoms with van der Waals surface area (Å²) in [6.07, 6.45) is 7.72. The molecule has 0 spiro atoms. The van der Waals surface area contributed by atoms with Gasteiger partial charge in [0.25, 0.3) is 0 Å². The molecule has 2 rings (SSSR count). The standard InChI is InChI=1S/C14H17N3/c1-12(10-15-2)9-13-3-5-14(6-4-13)17-8-7-16-11-17/h3-9,11,15H,10H2,1-2H3. The van der Waals surface area contributed by atoms with E-state index in [4.69, 9.17) is 0 Å². The maximum atomic E-state index is 4.04. The van der Waals surface area contributed by atoms with Crippen molar-refractivity contribution in [3.8, 4) is 5.69 Å². The molecule has 0 aliphatic carbocycles. The first-order chi connectivity index (χ1) is 8.29. The Morgan fingerprint density at radius 3 is 2.71 bits per heavy atom. The summed E-state index contributed by atoms with van der Waals surface area (Å²) >= 11 is 0. The number of nitrogens with one attached hydrogen (secondary N) is 1. The van der Waals surface area contributed by atoms with Gasteiger partial charge in [-0.1, -0.05) is 23.8 Å². The van der Waals surface area contributed by atoms with Gasteiger partial charge in [-0.15, -0.1) is 0 Å². The zero-order valence-electron chi connectivity index (χ0n) is 10.2. The van der Waals surface area contributed by atoms with Crippen LogP contribution < -0.4 is 5.32 Å². The number of hydrogen-bond acceptors (Lipinski definition) is 2. The predicted octanol–water partition coefficient (Wildman–Crippen LogP) is 2.50. The molecule has 1 aromatic heterocycles. The van der Waals surface area contributed by atoms with E-state index in [-0.39, 0.29) is 0 Å². The maximum absolute atomic E-state index is 4.04. The van der Waals surface area contributed by atoms with Crippen LogP contribution in [-0.2, 0) is 0 Å². The second kappa shape index (κ2) is 5.46. The lowest BCUT2D eigenvalue weighted by atomic mass is 10.1. The maximum Gasteiger partial charge on any atom is 0.0991 e. The smallest absolute Gasteiger partial charge is 0.0991 e. The van der Waals surface area contributed by atoms with Gasteiger partial charge < -0.3 is 9.88 Å². The molecule has 2 aromatic rings. The van der Waals surface area contributed by atoms with Crippen LogP contribution >= 0.6 is 0 Å². The normalized spacial score (nSPS) is 11.8. The van der Waals surface area contributed by atoms with Gasteiger partial charge in [0, 0.05) is 24.6 Å². The Hall–Kier alpha value is -1.87. The van der Waals surface area contributed by atoms with Crippen LogP contribution in [0.25, 0.3) is 11.8 Å². The number of rotatable bonds is 4. The highest BCUT2D eigenvalue weighted by molar-refractivity contribution is 5.54. The fourth-order valence-corrected chi connectivity index (χ4v) is 1.77. The summed E-state index contributed by atoms with van der Waals surface area (Å²) in [6.45, 7) is 3.05. The summed E-state index contributed by atoms with van der Waals surface area (Å²) in [6, 6.07) is 8.43. The zero-order chi connectivity index (χ0) is 12.1. The molecular formula is C14H17N3. The lowest BCUT2D eigenvalue weighted by Crippen LogP contribution is -2.08. The molecule has 0 atom stereocenters. The molecule has 0 amide bonds. The Kier molecular flexibility index (Phi) is 3.73. The molecule has 1 heterocycles. The van der Waals surface area contributed by atoms with Crippen molar-refractivity contribution in [3.05, 3.63) is 54.1 Å². The fourth-order valence-electron chi connectivity index (χ4n) is 1.77. The van der Waals surface area contributed by atoms with Crippen molar-refractivity contribution in [1.29, 1.82) is 0 Å². The van der Waals surface area contributed by atoms with E-state index in [1.165, 1.54) is 11.1 Å². The van der Waals surface area contributed by atoms with E-state index in [0.29, 0.717) is 0 Å². The molecule has 3 heteroatoms. The first kappa shape index (κ1) is 11.6. The van der Waals surface area contributed by atoms with Gasteiger partial charge in [0.15, 0.2) is 0 Å². The fraction of sp³-hybridized carbons (Fsp3) is 0.214. The van der Waals surface area contributed by atoms with Gasteiger partial charge in [0.2, 0.25) is 0 Å². The molecule has 0 fully saturated rings. The van der Waals surface area contributed by atoms with Crippen LogP contribution in [0.2, 0.25) is 0 Å². The van der Waals surface area contributed by atoms with Crippen molar-refractivity contribution in [2.24, 2.45) is 0 Å². The highest BCUT2D eigenvalue weighted by Gasteiger charge is 1.95. The van der Waals surface area contributed by atoms with E-state index in [1.54, 1.807) is 12.5 Å². The van der Waals surface area contributed by atoms with Gasteiger partial charge in [0.1, 0.15) is 0 Å². The largest absolute Gasteiger partial charge is 0.316 e. The minimum atomic E-state index is 0.920. The van der Waals surface area contributed by atoms with Crippen LogP contribution in [-0.4, -0.2) is 23.1 Å². The molecule has 88 valence electrons. The Labute approximate surface area is 102 Å². The van der Waals surface area contributed by atoms with Gasteiger partial charge in [-0.2, -0.15) is 0 Å². The third kappa shape index (κ3) is 3.04. The van der Waals surface area contributed by atoms with Gasteiger partial charge >= 0.3 is 0 Å². The number of likely N-dealkylation sites (N-methyl/N-ethyl adjacent to an activating group) is 1. The Morgan fingerprint density at radius 2 is 2.12 bits per heavy atom. The SMILES string of the molecule is CNCC(C)=Cc1ccc(-n2ccnc2)cc1. The monoisotopic (exact) mass is 227 g/mol. The summed E-state index contributed by atoms with van der Waals surface area (Å²) in [5.74, 6) is 0. The lowest BCUT2D eigenvalue weighted by Gasteiger charge is -2.03. The summed E-state index contributed by atoms with van der Waals surface area (Å²) < 4.78 is 1.99. The summed E-state index contributed by atoms with van der Waals surface area (Å²) in [5.41, 5.74) is 3.68. The zero-order valence-corrected chi connectivity index (χ0v) is 10.2. The summed E-state index contributed by atoms with van der Waals surface area (Å²) in [5, 5.41) is 3.14. The Bertz CT molecular complexity index is 481. The lowest BCUT2D eigenvalue weighted by molar-refractivity contribution is 0.884. The molecule has 0 radical (unpaired) electrons. The third-order valence-electron chi connectivity index (χ3n) is 2.56. The van der Waals surface area contributed by atoms with Crippen molar-refractivity contribution in [2.75, 3.05) is 13.6 Å². The second-order valence-electron chi connectivity index (χ2n) is 4.08. The number of benzene rings is 1. The highest BCUT2D eigenvalue weighted by Crippen LogP contribution is 2.11. The number of aromatic nitrogens is 2. The van der Waals surface area contributed by atoms with Crippen LogP contribution in [0.4, 0.5) is 0 Å². The van der Waals surface area contributed by atoms with E-state index in [2.05, 4.69) is 47.6 Å². The van der Waals surface area contributed by atoms with Crippen LogP contribution in [0.3, 0.4) is 0 Å². The van der Waals surface area contributed by atoms with E-state index in [0.717, 1.165) is 12.2 Å². The molecular weight excluding hydrogens is 210 g/mol. The topological polar surface area (TPSA) is 29.9 Å². The quantitative estimate of drug-likeness (QED) is 0.869. The van der Waals surface area contributed by atoms with Crippen molar-refractivity contribution in [1.82, 2.24) is 14.9 Å². The van der Waals surface area contributed by atoms with Crippen LogP contribution in [0.5, 0.6) is 0 Å². The third-order valence-corrected chi connectivity index (χ3v) is 2.56. The van der Waals surface area contributed by atoms with Crippen molar-refractivity contribution in [2.45, 2.75) is 6.92 Å². The average molecular weight is 227 g/mol. The van der Waals surface area contributed by atoms with Crippen LogP contribution in [0.1, 0.15) is 12.5 Å². The number of hydrogen-bond donors (Lipinski definition) is 1. The van der Waals surface area contributed by atoms with Crippen molar-refractivity contribution >= 4 is 6.08 Å². The Balaban J connectivity index is 2.16. The van der Waals surface area contributed by atoms with Gasteiger partial charge in [-0.3, -0.25) is 0 Å². The highest BCUT2D eigenvalue weighted by atomic mass is 15.0. The first-order valence-electron chi connectivity index (χ1n) is 5.70. The summed E-state index contributed by atoms with van der Waals surface area (Å²) in [7, 11) is 1.96. The molecule has 0 saturated heterocycles. The predicted molar refractivity (Wildman–Crippen MR) is 71.1 cm³/mol. The van der Waals surface area contributed by atoms with Gasteiger partial charge in [-0.05, 0) is 31.7 Å². The average Bonchev–Trinajstić information content (AvgIpc) is 2.84. The van der Waals surface area contributed by atoms with E-state index >= 15 is 0 Å². The minimum Gasteiger partial charge on any atom is -0.316 e. The van der Waals surface area contributed by atoms with Crippen molar-refractivity contribution < 1.29 is 0 Å². The molecule has 17 heavy (non-hydrogen) atoms. The Morgan fingerprint density at radius 1 is 1.35 bits per heavy atom. The minimum absolute atomic E-state index is 0.920. The van der Waals surface area contributed by atoms with Gasteiger partial charge in [-0.25, -0.2) is 4.98 Å². The van der Waals surface area contributed by atoms with E-state index in [9.17, 15) is 0 Å². The molecule has 0 aliphatic heterocycles. The first-order valence-corrected chi connectivity index (χ1v) is 5.70. The molecule has 3 nitrogen and oxygen atoms in total. The molecule has 1 N–H and O–H groups in total. The van der Waals surface area contributed by atoms with Crippen molar-refractivity contribution in [3.63, 3.8) is 0 Å². The molecule has 1 aromatic carbocycles. The van der Waals surface area contributed by atoms with Crippen LogP contribution in [0.15, 0.2) is 48.6 Å². The van der Waals surface area contributed by atoms with Crippen LogP contribution in [0, 0.1) is 0 Å². The second-order valence-corrected chi connectivity index (χ2v) is 4.08. The number of imidazole rings is 1. The molecule has 0 bridgehead atoms.